The second kappa shape index (κ2) is 5.01. The highest BCUT2D eigenvalue weighted by molar-refractivity contribution is 9.10. The van der Waals surface area contributed by atoms with E-state index in [0.717, 1.165) is 22.3 Å². The zero-order valence-corrected chi connectivity index (χ0v) is 11.7. The third-order valence-electron chi connectivity index (χ3n) is 2.43. The third-order valence-corrected chi connectivity index (χ3v) is 3.39. The summed E-state index contributed by atoms with van der Waals surface area (Å²) in [5.41, 5.74) is 7.08. The first-order valence-electron chi connectivity index (χ1n) is 5.17. The SMILES string of the molecule is CCC1=C(S)N(c2cccc(Br)c2)C(=O)NN1. The molecule has 0 fully saturated rings. The van der Waals surface area contributed by atoms with Crippen LogP contribution in [-0.4, -0.2) is 6.03 Å². The molecule has 0 spiro atoms. The number of rotatable bonds is 2. The summed E-state index contributed by atoms with van der Waals surface area (Å²) in [5.74, 6) is 0. The maximum Gasteiger partial charge on any atom is 0.345 e. The van der Waals surface area contributed by atoms with Crippen molar-refractivity contribution in [2.45, 2.75) is 13.3 Å². The highest BCUT2D eigenvalue weighted by Crippen LogP contribution is 2.28. The molecule has 0 atom stereocenters. The first kappa shape index (κ1) is 12.3. The van der Waals surface area contributed by atoms with E-state index in [1.54, 1.807) is 0 Å². The average Bonchev–Trinajstić information content (AvgIpc) is 2.29. The van der Waals surface area contributed by atoms with Gasteiger partial charge in [-0.15, -0.1) is 12.6 Å². The molecule has 1 aromatic carbocycles. The van der Waals surface area contributed by atoms with Gasteiger partial charge in [-0.25, -0.2) is 4.79 Å². The van der Waals surface area contributed by atoms with Crippen LogP contribution in [0.4, 0.5) is 10.5 Å². The van der Waals surface area contributed by atoms with Crippen LogP contribution in [0.2, 0.25) is 0 Å². The van der Waals surface area contributed by atoms with E-state index >= 15 is 0 Å². The molecule has 1 aliphatic rings. The molecule has 0 saturated carbocycles. The number of urea groups is 1. The van der Waals surface area contributed by atoms with Crippen molar-refractivity contribution in [3.63, 3.8) is 0 Å². The summed E-state index contributed by atoms with van der Waals surface area (Å²) < 4.78 is 0.917. The average molecular weight is 314 g/mol. The molecule has 2 amide bonds. The molecule has 0 aromatic heterocycles. The van der Waals surface area contributed by atoms with Gasteiger partial charge in [0.2, 0.25) is 0 Å². The molecule has 1 aromatic rings. The summed E-state index contributed by atoms with van der Waals surface area (Å²) >= 11 is 7.79. The van der Waals surface area contributed by atoms with Crippen molar-refractivity contribution in [1.29, 1.82) is 0 Å². The minimum absolute atomic E-state index is 0.245. The highest BCUT2D eigenvalue weighted by atomic mass is 79.9. The van der Waals surface area contributed by atoms with E-state index in [-0.39, 0.29) is 6.03 Å². The number of amides is 2. The maximum absolute atomic E-state index is 11.8. The number of anilines is 1. The van der Waals surface area contributed by atoms with Crippen LogP contribution in [0.25, 0.3) is 0 Å². The van der Waals surface area contributed by atoms with Crippen LogP contribution >= 0.6 is 28.6 Å². The van der Waals surface area contributed by atoms with E-state index in [9.17, 15) is 4.79 Å². The molecule has 0 bridgehead atoms. The molecule has 2 N–H and O–H groups in total. The first-order valence-corrected chi connectivity index (χ1v) is 6.41. The van der Waals surface area contributed by atoms with Gasteiger partial charge in [0, 0.05) is 4.47 Å². The predicted octanol–water partition coefficient (Wildman–Crippen LogP) is 2.99. The van der Waals surface area contributed by atoms with Crippen molar-refractivity contribution in [2.75, 3.05) is 4.90 Å². The van der Waals surface area contributed by atoms with Crippen molar-refractivity contribution < 1.29 is 4.79 Å². The van der Waals surface area contributed by atoms with Crippen molar-refractivity contribution in [3.8, 4) is 0 Å². The molecule has 17 heavy (non-hydrogen) atoms. The van der Waals surface area contributed by atoms with Gasteiger partial charge in [-0.3, -0.25) is 15.8 Å². The van der Waals surface area contributed by atoms with Gasteiger partial charge in [-0.1, -0.05) is 28.9 Å². The lowest BCUT2D eigenvalue weighted by Gasteiger charge is -2.30. The zero-order chi connectivity index (χ0) is 12.4. The first-order chi connectivity index (χ1) is 8.13. The summed E-state index contributed by atoms with van der Waals surface area (Å²) in [6.07, 6.45) is 0.767. The number of hydrogen-bond acceptors (Lipinski definition) is 3. The Morgan fingerprint density at radius 2 is 2.18 bits per heavy atom. The lowest BCUT2D eigenvalue weighted by Crippen LogP contribution is -2.50. The predicted molar refractivity (Wildman–Crippen MR) is 74.6 cm³/mol. The number of halogens is 1. The van der Waals surface area contributed by atoms with E-state index in [1.165, 1.54) is 4.90 Å². The second-order valence-electron chi connectivity index (χ2n) is 3.53. The van der Waals surface area contributed by atoms with Crippen molar-refractivity contribution >= 4 is 40.3 Å². The van der Waals surface area contributed by atoms with E-state index in [4.69, 9.17) is 0 Å². The standard InChI is InChI=1S/C11H12BrN3OS/c1-2-9-10(17)15(11(16)14-13-9)8-5-3-4-7(12)6-8/h3-6,13,17H,2H2,1H3,(H,14,16). The molecule has 0 unspecified atom stereocenters. The number of carbonyl (C=O) groups is 1. The number of nitrogens with zero attached hydrogens (tertiary/aromatic N) is 1. The Hall–Kier alpha value is -1.14. The Kier molecular flexibility index (Phi) is 3.63. The molecule has 2 rings (SSSR count). The molecule has 90 valence electrons. The molecule has 0 aliphatic carbocycles. The van der Waals surface area contributed by atoms with Crippen LogP contribution in [0, 0.1) is 0 Å². The summed E-state index contributed by atoms with van der Waals surface area (Å²) in [7, 11) is 0. The Labute approximate surface area is 114 Å². The third kappa shape index (κ3) is 2.42. The zero-order valence-electron chi connectivity index (χ0n) is 9.20. The lowest BCUT2D eigenvalue weighted by atomic mass is 10.2. The lowest BCUT2D eigenvalue weighted by molar-refractivity contribution is 0.243. The van der Waals surface area contributed by atoms with Crippen LogP contribution < -0.4 is 15.8 Å². The minimum atomic E-state index is -0.245. The van der Waals surface area contributed by atoms with E-state index in [2.05, 4.69) is 39.4 Å². The van der Waals surface area contributed by atoms with Crippen LogP contribution in [0.1, 0.15) is 13.3 Å². The Balaban J connectivity index is 2.45. The van der Waals surface area contributed by atoms with Crippen molar-refractivity contribution in [2.24, 2.45) is 0 Å². The fourth-order valence-corrected chi connectivity index (χ4v) is 2.38. The van der Waals surface area contributed by atoms with Gasteiger partial charge < -0.3 is 0 Å². The van der Waals surface area contributed by atoms with Gasteiger partial charge in [0.1, 0.15) is 5.03 Å². The summed E-state index contributed by atoms with van der Waals surface area (Å²) in [6, 6.07) is 7.27. The molecule has 1 heterocycles. The number of allylic oxidation sites excluding steroid dienone is 1. The van der Waals surface area contributed by atoms with Gasteiger partial charge in [-0.05, 0) is 24.6 Å². The van der Waals surface area contributed by atoms with Crippen molar-refractivity contribution in [3.05, 3.63) is 39.5 Å². The molecule has 0 saturated heterocycles. The quantitative estimate of drug-likeness (QED) is 0.735. The number of thiol groups is 1. The summed E-state index contributed by atoms with van der Waals surface area (Å²) in [4.78, 5) is 13.4. The Morgan fingerprint density at radius 3 is 2.82 bits per heavy atom. The number of carbonyl (C=O) groups excluding carboxylic acids is 1. The fraction of sp³-hybridized carbons (Fsp3) is 0.182. The Morgan fingerprint density at radius 1 is 1.41 bits per heavy atom. The number of hydrazine groups is 1. The Bertz CT molecular complexity index is 489. The highest BCUT2D eigenvalue weighted by Gasteiger charge is 2.25. The van der Waals surface area contributed by atoms with Crippen LogP contribution in [0.3, 0.4) is 0 Å². The largest absolute Gasteiger partial charge is 0.345 e. The molecule has 1 aliphatic heterocycles. The smallest absolute Gasteiger partial charge is 0.299 e. The molecule has 0 radical (unpaired) electrons. The van der Waals surface area contributed by atoms with Gasteiger partial charge in [-0.2, -0.15) is 0 Å². The minimum Gasteiger partial charge on any atom is -0.299 e. The molecule has 6 heteroatoms. The molecular weight excluding hydrogens is 302 g/mol. The number of benzene rings is 1. The van der Waals surface area contributed by atoms with Crippen molar-refractivity contribution in [1.82, 2.24) is 10.9 Å². The van der Waals surface area contributed by atoms with Crippen LogP contribution in [-0.2, 0) is 0 Å². The summed E-state index contributed by atoms with van der Waals surface area (Å²) in [5, 5.41) is 0.620. The monoisotopic (exact) mass is 313 g/mol. The van der Waals surface area contributed by atoms with E-state index in [1.807, 2.05) is 31.2 Å². The van der Waals surface area contributed by atoms with Gasteiger partial charge in [0.15, 0.2) is 0 Å². The molecule has 4 nitrogen and oxygen atoms in total. The topological polar surface area (TPSA) is 44.4 Å². The van der Waals surface area contributed by atoms with Crippen LogP contribution in [0.5, 0.6) is 0 Å². The van der Waals surface area contributed by atoms with Gasteiger partial charge >= 0.3 is 6.03 Å². The number of nitrogens with one attached hydrogen (secondary N) is 2. The van der Waals surface area contributed by atoms with Crippen LogP contribution in [0.15, 0.2) is 39.5 Å². The van der Waals surface area contributed by atoms with Gasteiger partial charge in [0.05, 0.1) is 11.4 Å². The van der Waals surface area contributed by atoms with E-state index < -0.39 is 0 Å². The number of hydrogen-bond donors (Lipinski definition) is 3. The second-order valence-corrected chi connectivity index (χ2v) is 4.87. The molecular formula is C11H12BrN3OS. The van der Waals surface area contributed by atoms with E-state index in [0.29, 0.717) is 5.03 Å². The van der Waals surface area contributed by atoms with Gasteiger partial charge in [0.25, 0.3) is 0 Å². The summed E-state index contributed by atoms with van der Waals surface area (Å²) in [6.45, 7) is 2.00. The normalized spacial score (nSPS) is 15.7. The maximum atomic E-state index is 11.8. The fourth-order valence-electron chi connectivity index (χ4n) is 1.57.